The molecule has 0 unspecified atom stereocenters. The summed E-state index contributed by atoms with van der Waals surface area (Å²) in [6.07, 6.45) is 1.66. The zero-order valence-electron chi connectivity index (χ0n) is 13.4. The first-order valence-corrected chi connectivity index (χ1v) is 7.56. The van der Waals surface area contributed by atoms with Gasteiger partial charge in [-0.15, -0.1) is 0 Å². The Hall–Kier alpha value is -2.60. The molecule has 6 nitrogen and oxygen atoms in total. The van der Waals surface area contributed by atoms with Gasteiger partial charge in [0.1, 0.15) is 18.2 Å². The minimum atomic E-state index is -0.211. The van der Waals surface area contributed by atoms with Gasteiger partial charge in [-0.1, -0.05) is 0 Å². The maximum atomic E-state index is 12.4. The largest absolute Gasteiger partial charge is 0.492 e. The van der Waals surface area contributed by atoms with Crippen LogP contribution in [-0.4, -0.2) is 30.1 Å². The van der Waals surface area contributed by atoms with Crippen molar-refractivity contribution in [3.63, 3.8) is 0 Å². The van der Waals surface area contributed by atoms with E-state index in [0.717, 1.165) is 5.75 Å². The molecule has 0 bridgehead atoms. The normalized spacial score (nSPS) is 10.4. The molecule has 1 aromatic heterocycles. The van der Waals surface area contributed by atoms with E-state index in [1.807, 2.05) is 13.8 Å². The predicted octanol–water partition coefficient (Wildman–Crippen LogP) is 2.49. The first kappa shape index (κ1) is 16.8. The van der Waals surface area contributed by atoms with E-state index in [-0.39, 0.29) is 11.9 Å². The molecule has 2 rings (SSSR count). The molecular weight excluding hydrogens is 292 g/mol. The number of nitrogens with two attached hydrogens (primary N) is 1. The maximum Gasteiger partial charge on any atom is 0.259 e. The van der Waals surface area contributed by atoms with Gasteiger partial charge < -0.3 is 21.1 Å². The van der Waals surface area contributed by atoms with Crippen LogP contribution in [0.15, 0.2) is 42.6 Å². The van der Waals surface area contributed by atoms with E-state index in [4.69, 9.17) is 10.5 Å². The zero-order chi connectivity index (χ0) is 16.7. The van der Waals surface area contributed by atoms with Crippen LogP contribution in [0.4, 0.5) is 11.5 Å². The average molecular weight is 314 g/mol. The van der Waals surface area contributed by atoms with E-state index >= 15 is 0 Å². The molecule has 0 radical (unpaired) electrons. The molecule has 2 aromatic rings. The number of nitrogens with one attached hydrogen (secondary N) is 2. The van der Waals surface area contributed by atoms with E-state index < -0.39 is 0 Å². The summed E-state index contributed by atoms with van der Waals surface area (Å²) in [4.78, 5) is 16.7. The van der Waals surface area contributed by atoms with Crippen LogP contribution in [0.1, 0.15) is 24.2 Å². The summed E-state index contributed by atoms with van der Waals surface area (Å²) in [5.41, 5.74) is 6.58. The smallest absolute Gasteiger partial charge is 0.259 e. The third kappa shape index (κ3) is 4.96. The second-order valence-corrected chi connectivity index (χ2v) is 5.31. The number of rotatable bonds is 7. The number of nitrogens with zero attached hydrogens (tertiary/aromatic N) is 1. The summed E-state index contributed by atoms with van der Waals surface area (Å²) in [5, 5.41) is 6.02. The average Bonchev–Trinajstić information content (AvgIpc) is 2.54. The number of carbonyl (C=O) groups excluding carboxylic acids is 1. The lowest BCUT2D eigenvalue weighted by Crippen LogP contribution is -2.18. The van der Waals surface area contributed by atoms with Crippen LogP contribution < -0.4 is 21.1 Å². The zero-order valence-corrected chi connectivity index (χ0v) is 13.4. The molecule has 6 heteroatoms. The van der Waals surface area contributed by atoms with E-state index in [9.17, 15) is 4.79 Å². The van der Waals surface area contributed by atoms with E-state index in [2.05, 4.69) is 15.6 Å². The molecule has 0 aliphatic carbocycles. The van der Waals surface area contributed by atoms with Gasteiger partial charge in [-0.2, -0.15) is 0 Å². The van der Waals surface area contributed by atoms with E-state index in [0.29, 0.717) is 30.2 Å². The molecule has 0 fully saturated rings. The second kappa shape index (κ2) is 8.14. The number of benzene rings is 1. The van der Waals surface area contributed by atoms with Gasteiger partial charge in [0.05, 0.1) is 5.56 Å². The van der Waals surface area contributed by atoms with Crippen molar-refractivity contribution in [2.45, 2.75) is 19.9 Å². The molecule has 1 amide bonds. The van der Waals surface area contributed by atoms with Crippen molar-refractivity contribution in [3.05, 3.63) is 48.2 Å². The Morgan fingerprint density at radius 3 is 2.65 bits per heavy atom. The number of anilines is 2. The fourth-order valence-electron chi connectivity index (χ4n) is 1.99. The molecule has 0 saturated heterocycles. The Kier molecular flexibility index (Phi) is 5.94. The molecule has 23 heavy (non-hydrogen) atoms. The third-order valence-corrected chi connectivity index (χ3v) is 2.98. The first-order valence-electron chi connectivity index (χ1n) is 7.56. The molecule has 0 aliphatic rings. The van der Waals surface area contributed by atoms with Gasteiger partial charge >= 0.3 is 0 Å². The molecule has 0 saturated carbocycles. The molecule has 1 heterocycles. The Labute approximate surface area is 136 Å². The molecule has 0 spiro atoms. The summed E-state index contributed by atoms with van der Waals surface area (Å²) in [5.74, 6) is 1.08. The van der Waals surface area contributed by atoms with Crippen molar-refractivity contribution in [1.82, 2.24) is 4.98 Å². The van der Waals surface area contributed by atoms with Crippen molar-refractivity contribution in [3.8, 4) is 5.75 Å². The van der Waals surface area contributed by atoms with E-state index in [1.54, 1.807) is 42.6 Å². The van der Waals surface area contributed by atoms with Crippen LogP contribution in [0, 0.1) is 0 Å². The van der Waals surface area contributed by atoms with Crippen LogP contribution >= 0.6 is 0 Å². The Morgan fingerprint density at radius 1 is 1.26 bits per heavy atom. The predicted molar refractivity (Wildman–Crippen MR) is 91.9 cm³/mol. The lowest BCUT2D eigenvalue weighted by Gasteiger charge is -2.13. The highest BCUT2D eigenvalue weighted by atomic mass is 16.5. The van der Waals surface area contributed by atoms with Crippen LogP contribution in [0.5, 0.6) is 5.75 Å². The number of hydrogen-bond donors (Lipinski definition) is 3. The maximum absolute atomic E-state index is 12.4. The number of hydrogen-bond acceptors (Lipinski definition) is 5. The van der Waals surface area contributed by atoms with Crippen molar-refractivity contribution in [2.24, 2.45) is 5.73 Å². The summed E-state index contributed by atoms with van der Waals surface area (Å²) in [6.45, 7) is 4.92. The summed E-state index contributed by atoms with van der Waals surface area (Å²) in [6, 6.07) is 10.8. The lowest BCUT2D eigenvalue weighted by molar-refractivity contribution is 0.102. The van der Waals surface area contributed by atoms with Gasteiger partial charge in [-0.3, -0.25) is 4.79 Å². The highest BCUT2D eigenvalue weighted by Crippen LogP contribution is 2.18. The topological polar surface area (TPSA) is 89.3 Å². The number of carbonyl (C=O) groups is 1. The summed E-state index contributed by atoms with van der Waals surface area (Å²) in [7, 11) is 0. The Bertz CT molecular complexity index is 641. The number of amides is 1. The first-order chi connectivity index (χ1) is 11.1. The van der Waals surface area contributed by atoms with Gasteiger partial charge in [0, 0.05) is 24.5 Å². The van der Waals surface area contributed by atoms with Gasteiger partial charge in [0.2, 0.25) is 0 Å². The standard InChI is InChI=1S/C17H22N4O2/c1-12(2)20-16-15(4-3-10-19-16)17(22)21-13-5-7-14(8-6-13)23-11-9-18/h3-8,10,12H,9,11,18H2,1-2H3,(H,19,20)(H,21,22). The molecule has 0 aliphatic heterocycles. The van der Waals surface area contributed by atoms with Crippen LogP contribution in [0.3, 0.4) is 0 Å². The molecule has 122 valence electrons. The summed E-state index contributed by atoms with van der Waals surface area (Å²) >= 11 is 0. The number of aromatic nitrogens is 1. The van der Waals surface area contributed by atoms with Gasteiger partial charge in [0.15, 0.2) is 0 Å². The number of ether oxygens (including phenoxy) is 1. The quantitative estimate of drug-likeness (QED) is 0.730. The third-order valence-electron chi connectivity index (χ3n) is 2.98. The monoisotopic (exact) mass is 314 g/mol. The van der Waals surface area contributed by atoms with Crippen LogP contribution in [-0.2, 0) is 0 Å². The SMILES string of the molecule is CC(C)Nc1ncccc1C(=O)Nc1ccc(OCCN)cc1. The minimum Gasteiger partial charge on any atom is -0.492 e. The molecular formula is C17H22N4O2. The molecule has 4 N–H and O–H groups in total. The van der Waals surface area contributed by atoms with Crippen molar-refractivity contribution in [2.75, 3.05) is 23.8 Å². The van der Waals surface area contributed by atoms with Crippen LogP contribution in [0.25, 0.3) is 0 Å². The molecule has 0 atom stereocenters. The van der Waals surface area contributed by atoms with Gasteiger partial charge in [-0.05, 0) is 50.2 Å². The summed E-state index contributed by atoms with van der Waals surface area (Å²) < 4.78 is 5.40. The van der Waals surface area contributed by atoms with Crippen molar-refractivity contribution in [1.29, 1.82) is 0 Å². The Balaban J connectivity index is 2.07. The fourth-order valence-corrected chi connectivity index (χ4v) is 1.99. The highest BCUT2D eigenvalue weighted by Gasteiger charge is 2.13. The fraction of sp³-hybridized carbons (Fsp3) is 0.294. The number of pyridine rings is 1. The van der Waals surface area contributed by atoms with Gasteiger partial charge in [0.25, 0.3) is 5.91 Å². The Morgan fingerprint density at radius 2 is 2.00 bits per heavy atom. The van der Waals surface area contributed by atoms with Crippen LogP contribution in [0.2, 0.25) is 0 Å². The lowest BCUT2D eigenvalue weighted by atomic mass is 10.2. The molecule has 1 aromatic carbocycles. The van der Waals surface area contributed by atoms with Crippen molar-refractivity contribution >= 4 is 17.4 Å². The highest BCUT2D eigenvalue weighted by molar-refractivity contribution is 6.07. The van der Waals surface area contributed by atoms with Gasteiger partial charge in [-0.25, -0.2) is 4.98 Å². The minimum absolute atomic E-state index is 0.190. The van der Waals surface area contributed by atoms with E-state index in [1.165, 1.54) is 0 Å². The van der Waals surface area contributed by atoms with Crippen molar-refractivity contribution < 1.29 is 9.53 Å². The second-order valence-electron chi connectivity index (χ2n) is 5.31.